The van der Waals surface area contributed by atoms with Crippen LogP contribution >= 0.6 is 0 Å². The predicted molar refractivity (Wildman–Crippen MR) is 222 cm³/mol. The van der Waals surface area contributed by atoms with E-state index in [0.717, 1.165) is 63.0 Å². The van der Waals surface area contributed by atoms with Crippen LogP contribution in [0.1, 0.15) is 88.0 Å². The summed E-state index contributed by atoms with van der Waals surface area (Å²) in [6.45, 7) is 4.45. The third kappa shape index (κ3) is 9.14. The molecule has 3 aliphatic rings. The molecule has 0 aromatic heterocycles. The van der Waals surface area contributed by atoms with Gasteiger partial charge in [0.1, 0.15) is 17.5 Å². The van der Waals surface area contributed by atoms with E-state index in [9.17, 15) is 37.1 Å². The van der Waals surface area contributed by atoms with Crippen LogP contribution in [-0.2, 0) is 33.6 Å². The lowest BCUT2D eigenvalue weighted by molar-refractivity contribution is -0.138. The molecule has 11 nitrogen and oxygen atoms in total. The Labute approximate surface area is 350 Å². The van der Waals surface area contributed by atoms with E-state index in [4.69, 9.17) is 4.74 Å². The number of amides is 5. The molecule has 0 bridgehead atoms. The maximum absolute atomic E-state index is 13.3. The lowest BCUT2D eigenvalue weighted by Crippen LogP contribution is -2.54. The largest absolute Gasteiger partial charge is 0.457 e. The van der Waals surface area contributed by atoms with Gasteiger partial charge in [-0.3, -0.25) is 34.2 Å². The molecule has 61 heavy (non-hydrogen) atoms. The zero-order valence-corrected chi connectivity index (χ0v) is 33.4. The lowest BCUT2D eigenvalue weighted by atomic mass is 9.92. The minimum Gasteiger partial charge on any atom is -0.457 e. The van der Waals surface area contributed by atoms with Gasteiger partial charge in [0.2, 0.25) is 17.7 Å². The molecular weight excluding hydrogens is 788 g/mol. The van der Waals surface area contributed by atoms with E-state index in [-0.39, 0.29) is 41.8 Å². The highest BCUT2D eigenvalue weighted by Gasteiger charge is 2.45. The van der Waals surface area contributed by atoms with Crippen LogP contribution in [0.15, 0.2) is 103 Å². The molecule has 5 amide bonds. The van der Waals surface area contributed by atoms with Crippen LogP contribution in [0.5, 0.6) is 11.5 Å². The zero-order valence-electron chi connectivity index (χ0n) is 33.4. The second-order valence-corrected chi connectivity index (χ2v) is 15.9. The van der Waals surface area contributed by atoms with E-state index in [1.807, 2.05) is 48.5 Å². The zero-order chi connectivity index (χ0) is 42.8. The molecule has 5 aromatic carbocycles. The van der Waals surface area contributed by atoms with Gasteiger partial charge in [0.05, 0.1) is 16.7 Å². The molecule has 0 spiro atoms. The number of anilines is 1. The Morgan fingerprint density at radius 2 is 1.54 bits per heavy atom. The summed E-state index contributed by atoms with van der Waals surface area (Å²) in [5.74, 6) is -1.08. The fourth-order valence-electron chi connectivity index (χ4n) is 8.29. The van der Waals surface area contributed by atoms with Crippen molar-refractivity contribution < 1.29 is 41.9 Å². The summed E-state index contributed by atoms with van der Waals surface area (Å²) in [4.78, 5) is 66.6. The normalized spacial score (nSPS) is 17.7. The average molecular weight is 832 g/mol. The van der Waals surface area contributed by atoms with E-state index in [1.165, 1.54) is 12.1 Å². The van der Waals surface area contributed by atoms with Gasteiger partial charge in [-0.25, -0.2) is 0 Å². The van der Waals surface area contributed by atoms with Gasteiger partial charge in [-0.2, -0.15) is 13.2 Å². The van der Waals surface area contributed by atoms with Gasteiger partial charge in [0, 0.05) is 56.1 Å². The van der Waals surface area contributed by atoms with Gasteiger partial charge < -0.3 is 20.3 Å². The number of ether oxygens (including phenoxy) is 1. The number of halogens is 3. The summed E-state index contributed by atoms with van der Waals surface area (Å²) in [7, 11) is 0. The molecular formula is C47H44F3N5O6. The first kappa shape index (κ1) is 41.2. The van der Waals surface area contributed by atoms with Crippen molar-refractivity contribution in [2.24, 2.45) is 5.92 Å². The third-order valence-corrected chi connectivity index (χ3v) is 11.7. The summed E-state index contributed by atoms with van der Waals surface area (Å²) in [5, 5.41) is 10.7. The molecule has 2 fully saturated rings. The number of hydrogen-bond acceptors (Lipinski definition) is 8. The molecule has 0 saturated carbocycles. The highest BCUT2D eigenvalue weighted by Crippen LogP contribution is 2.35. The fourth-order valence-corrected chi connectivity index (χ4v) is 8.29. The van der Waals surface area contributed by atoms with E-state index >= 15 is 0 Å². The summed E-state index contributed by atoms with van der Waals surface area (Å²) >= 11 is 0. The van der Waals surface area contributed by atoms with Crippen LogP contribution in [0.2, 0.25) is 0 Å². The summed E-state index contributed by atoms with van der Waals surface area (Å²) < 4.78 is 44.9. The molecule has 3 N–H and O–H groups in total. The van der Waals surface area contributed by atoms with Crippen LogP contribution < -0.4 is 25.6 Å². The van der Waals surface area contributed by atoms with E-state index < -0.39 is 41.4 Å². The van der Waals surface area contributed by atoms with E-state index in [1.54, 1.807) is 18.2 Å². The highest BCUT2D eigenvalue weighted by atomic mass is 19.4. The monoisotopic (exact) mass is 831 g/mol. The van der Waals surface area contributed by atoms with Crippen molar-refractivity contribution in [1.29, 1.82) is 0 Å². The first-order chi connectivity index (χ1) is 29.3. The topological polar surface area (TPSA) is 137 Å². The minimum atomic E-state index is -4.41. The number of alkyl halides is 3. The molecule has 5 aromatic rings. The molecule has 2 saturated heterocycles. The molecule has 0 aliphatic carbocycles. The van der Waals surface area contributed by atoms with Gasteiger partial charge in [-0.1, -0.05) is 48.5 Å². The Kier molecular flexibility index (Phi) is 11.6. The number of rotatable bonds is 12. The van der Waals surface area contributed by atoms with Crippen LogP contribution in [-0.4, -0.2) is 53.6 Å². The second-order valence-electron chi connectivity index (χ2n) is 15.9. The van der Waals surface area contributed by atoms with Crippen molar-refractivity contribution in [2.45, 2.75) is 70.4 Å². The van der Waals surface area contributed by atoms with E-state index in [2.05, 4.69) is 39.9 Å². The molecule has 2 unspecified atom stereocenters. The van der Waals surface area contributed by atoms with Crippen molar-refractivity contribution in [2.75, 3.05) is 18.0 Å². The Bertz CT molecular complexity index is 2520. The minimum absolute atomic E-state index is 0.00315. The molecule has 3 aliphatic heterocycles. The van der Waals surface area contributed by atoms with E-state index in [0.29, 0.717) is 44.1 Å². The Hall–Kier alpha value is -6.54. The van der Waals surface area contributed by atoms with Crippen molar-refractivity contribution in [3.63, 3.8) is 0 Å². The van der Waals surface area contributed by atoms with Crippen LogP contribution in [0.4, 0.5) is 18.9 Å². The number of carbonyl (C=O) groups excluding carboxylic acids is 5. The number of benzene rings is 5. The van der Waals surface area contributed by atoms with Crippen molar-refractivity contribution in [3.8, 4) is 11.5 Å². The lowest BCUT2D eigenvalue weighted by Gasteiger charge is -2.33. The fraction of sp³-hybridized carbons (Fsp3) is 0.298. The number of fused-ring (bicyclic) bond motifs is 2. The number of carbonyl (C=O) groups is 5. The van der Waals surface area contributed by atoms with Crippen molar-refractivity contribution >= 4 is 46.0 Å². The predicted octanol–water partition coefficient (Wildman–Crippen LogP) is 7.83. The molecule has 314 valence electrons. The third-order valence-electron chi connectivity index (χ3n) is 11.7. The van der Waals surface area contributed by atoms with Crippen LogP contribution in [0, 0.1) is 5.92 Å². The Balaban J connectivity index is 0.791. The standard InChI is InChI=1S/C47H44F3N5O6/c1-28(32-8-14-37-33(24-32)6-3-7-41(37)61-36-12-9-34(10-13-36)47(48,49)50)51-26-30-4-2-5-31(22-30)27-52-43(57)23-29-18-20-54(21-19-29)35-11-15-38-39(25-35)46(60)55(45(38)59)40-16-17-42(56)53-44(40)58/h2-15,22,24-25,28-29,40,51H,16-21,23,26-27H2,1H3,(H,52,57)(H,53,56,58). The van der Waals surface area contributed by atoms with Crippen molar-refractivity contribution in [1.82, 2.24) is 20.9 Å². The molecule has 0 radical (unpaired) electrons. The van der Waals surface area contributed by atoms with Gasteiger partial charge in [0.25, 0.3) is 11.8 Å². The smallest absolute Gasteiger partial charge is 0.416 e. The van der Waals surface area contributed by atoms with Crippen molar-refractivity contribution in [3.05, 3.63) is 137 Å². The summed E-state index contributed by atoms with van der Waals surface area (Å²) in [5.41, 5.74) is 3.68. The second kappa shape index (κ2) is 17.2. The Morgan fingerprint density at radius 3 is 2.28 bits per heavy atom. The van der Waals surface area contributed by atoms with Crippen LogP contribution in [0.25, 0.3) is 10.8 Å². The average Bonchev–Trinajstić information content (AvgIpc) is 3.50. The molecule has 8 rings (SSSR count). The number of nitrogens with one attached hydrogen (secondary N) is 3. The first-order valence-electron chi connectivity index (χ1n) is 20.4. The van der Waals surface area contributed by atoms with Gasteiger partial charge >= 0.3 is 6.18 Å². The summed E-state index contributed by atoms with van der Waals surface area (Å²) in [6, 6.07) is 28.5. The molecule has 3 heterocycles. The SMILES string of the molecule is CC(NCc1cccc(CNC(=O)CC2CCN(c3ccc4c(c3)C(=O)N(C3CCC(=O)NC3=O)C4=O)CC2)c1)c1ccc2c(Oc3ccc(C(F)(F)F)cc3)cccc2c1. The maximum atomic E-state index is 13.3. The van der Waals surface area contributed by atoms with Crippen LogP contribution in [0.3, 0.4) is 0 Å². The number of imide groups is 2. The van der Waals surface area contributed by atoms with Gasteiger partial charge in [-0.05, 0) is 109 Å². The molecule has 2 atom stereocenters. The Morgan fingerprint density at radius 1 is 0.820 bits per heavy atom. The number of piperidine rings is 2. The number of nitrogens with zero attached hydrogens (tertiary/aromatic N) is 2. The number of hydrogen-bond donors (Lipinski definition) is 3. The molecule has 14 heteroatoms. The highest BCUT2D eigenvalue weighted by molar-refractivity contribution is 6.23. The summed E-state index contributed by atoms with van der Waals surface area (Å²) in [6.07, 6.45) is -2.28. The first-order valence-corrected chi connectivity index (χ1v) is 20.4. The van der Waals surface area contributed by atoms with Gasteiger partial charge in [-0.15, -0.1) is 0 Å². The van der Waals surface area contributed by atoms with Gasteiger partial charge in [0.15, 0.2) is 0 Å². The quantitative estimate of drug-likeness (QED) is 0.108. The maximum Gasteiger partial charge on any atom is 0.416 e.